The van der Waals surface area contributed by atoms with Gasteiger partial charge in [-0.25, -0.2) is 9.78 Å². The van der Waals surface area contributed by atoms with Gasteiger partial charge in [0.1, 0.15) is 5.60 Å². The average molecular weight is 399 g/mol. The lowest BCUT2D eigenvalue weighted by atomic mass is 9.77. The molecule has 156 valence electrons. The average Bonchev–Trinajstić information content (AvgIpc) is 2.68. The molecule has 0 saturated carbocycles. The molecule has 1 aliphatic rings. The molecule has 2 aromatic heterocycles. The highest BCUT2D eigenvalue weighted by Crippen LogP contribution is 2.35. The number of ether oxygens (including phenoxy) is 2. The van der Waals surface area contributed by atoms with E-state index in [0.717, 1.165) is 29.8 Å². The second-order valence-electron chi connectivity index (χ2n) is 8.62. The van der Waals surface area contributed by atoms with Crippen LogP contribution in [-0.4, -0.2) is 51.5 Å². The summed E-state index contributed by atoms with van der Waals surface area (Å²) in [7, 11) is 0. The van der Waals surface area contributed by atoms with E-state index in [-0.39, 0.29) is 11.5 Å². The lowest BCUT2D eigenvalue weighted by Crippen LogP contribution is -2.46. The number of carbonyl (C=O) groups excluding carboxylic acids is 1. The standard InChI is InChI=1S/C22H30N4O3/c1-6-28-19-16(8-7-13-23-19)17-9-10-18(25-24-17)22(5)11-14-26(15-12-22)20(27)29-21(2,3)4/h7-10,13H,6,11-12,14-15H2,1-5H3. The maximum atomic E-state index is 12.3. The summed E-state index contributed by atoms with van der Waals surface area (Å²) in [6.07, 6.45) is 3.09. The number of likely N-dealkylation sites (tertiary alicyclic amines) is 1. The molecule has 0 bridgehead atoms. The molecule has 0 aliphatic carbocycles. The topological polar surface area (TPSA) is 77.4 Å². The molecule has 0 unspecified atom stereocenters. The van der Waals surface area contributed by atoms with Gasteiger partial charge in [0.15, 0.2) is 0 Å². The third kappa shape index (κ3) is 5.02. The molecule has 7 nitrogen and oxygen atoms in total. The van der Waals surface area contributed by atoms with Crippen molar-refractivity contribution >= 4 is 6.09 Å². The minimum Gasteiger partial charge on any atom is -0.477 e. The predicted molar refractivity (Wildman–Crippen MR) is 111 cm³/mol. The summed E-state index contributed by atoms with van der Waals surface area (Å²) in [5.41, 5.74) is 1.90. The first kappa shape index (κ1) is 21.0. The van der Waals surface area contributed by atoms with Gasteiger partial charge in [0.25, 0.3) is 0 Å². The van der Waals surface area contributed by atoms with Crippen LogP contribution in [0.3, 0.4) is 0 Å². The van der Waals surface area contributed by atoms with Gasteiger partial charge in [-0.05, 0) is 64.8 Å². The van der Waals surface area contributed by atoms with Gasteiger partial charge in [-0.15, -0.1) is 0 Å². The third-order valence-corrected chi connectivity index (χ3v) is 5.13. The van der Waals surface area contributed by atoms with Gasteiger partial charge in [0.2, 0.25) is 5.88 Å². The van der Waals surface area contributed by atoms with E-state index in [4.69, 9.17) is 9.47 Å². The van der Waals surface area contributed by atoms with Crippen molar-refractivity contribution in [1.29, 1.82) is 0 Å². The van der Waals surface area contributed by atoms with Crippen molar-refractivity contribution in [3.63, 3.8) is 0 Å². The van der Waals surface area contributed by atoms with Crippen LogP contribution >= 0.6 is 0 Å². The van der Waals surface area contributed by atoms with Crippen LogP contribution in [0.15, 0.2) is 30.5 Å². The predicted octanol–water partition coefficient (Wildman–Crippen LogP) is 4.23. The van der Waals surface area contributed by atoms with Crippen molar-refractivity contribution in [2.24, 2.45) is 0 Å². The van der Waals surface area contributed by atoms with E-state index < -0.39 is 5.60 Å². The number of nitrogens with zero attached hydrogens (tertiary/aromatic N) is 4. The molecule has 7 heteroatoms. The van der Waals surface area contributed by atoms with Crippen LogP contribution in [0.25, 0.3) is 11.3 Å². The third-order valence-electron chi connectivity index (χ3n) is 5.13. The second-order valence-corrected chi connectivity index (χ2v) is 8.62. The first-order valence-corrected chi connectivity index (χ1v) is 10.1. The zero-order chi connectivity index (χ0) is 21.1. The number of hydrogen-bond acceptors (Lipinski definition) is 6. The number of piperidine rings is 1. The molecule has 29 heavy (non-hydrogen) atoms. The Balaban J connectivity index is 1.70. The van der Waals surface area contributed by atoms with Crippen LogP contribution in [0, 0.1) is 0 Å². The number of amides is 1. The fraction of sp³-hybridized carbons (Fsp3) is 0.545. The molecule has 3 heterocycles. The minimum atomic E-state index is -0.480. The number of aromatic nitrogens is 3. The molecule has 1 saturated heterocycles. The lowest BCUT2D eigenvalue weighted by Gasteiger charge is -2.39. The highest BCUT2D eigenvalue weighted by molar-refractivity contribution is 5.68. The molecule has 0 aromatic carbocycles. The van der Waals surface area contributed by atoms with E-state index in [1.54, 1.807) is 11.1 Å². The van der Waals surface area contributed by atoms with Crippen LogP contribution in [0.2, 0.25) is 0 Å². The van der Waals surface area contributed by atoms with Crippen molar-refractivity contribution in [2.45, 2.75) is 58.5 Å². The Labute approximate surface area is 172 Å². The first-order valence-electron chi connectivity index (χ1n) is 10.1. The van der Waals surface area contributed by atoms with Crippen molar-refractivity contribution in [3.8, 4) is 17.1 Å². The first-order chi connectivity index (χ1) is 13.7. The molecular formula is C22H30N4O3. The summed E-state index contributed by atoms with van der Waals surface area (Å²) < 4.78 is 11.1. The van der Waals surface area contributed by atoms with Crippen molar-refractivity contribution in [2.75, 3.05) is 19.7 Å². The zero-order valence-corrected chi connectivity index (χ0v) is 17.9. The summed E-state index contributed by atoms with van der Waals surface area (Å²) in [5, 5.41) is 8.95. The van der Waals surface area contributed by atoms with Gasteiger partial charge in [0.05, 0.1) is 23.6 Å². The number of pyridine rings is 1. The van der Waals surface area contributed by atoms with Gasteiger partial charge in [-0.2, -0.15) is 10.2 Å². The highest BCUT2D eigenvalue weighted by atomic mass is 16.6. The molecule has 2 aromatic rings. The summed E-state index contributed by atoms with van der Waals surface area (Å²) in [6.45, 7) is 11.6. The smallest absolute Gasteiger partial charge is 0.410 e. The number of hydrogen-bond donors (Lipinski definition) is 0. The fourth-order valence-corrected chi connectivity index (χ4v) is 3.40. The van der Waals surface area contributed by atoms with E-state index in [2.05, 4.69) is 22.1 Å². The van der Waals surface area contributed by atoms with Crippen molar-refractivity contribution in [3.05, 3.63) is 36.2 Å². The monoisotopic (exact) mass is 398 g/mol. The SMILES string of the molecule is CCOc1ncccc1-c1ccc(C2(C)CCN(C(=O)OC(C)(C)C)CC2)nn1. The Morgan fingerprint density at radius 2 is 1.90 bits per heavy atom. The Morgan fingerprint density at radius 3 is 2.48 bits per heavy atom. The van der Waals surface area contributed by atoms with Crippen LogP contribution < -0.4 is 4.74 Å². The van der Waals surface area contributed by atoms with Crippen molar-refractivity contribution in [1.82, 2.24) is 20.1 Å². The minimum absolute atomic E-state index is 0.123. The quantitative estimate of drug-likeness (QED) is 0.767. The summed E-state index contributed by atoms with van der Waals surface area (Å²) >= 11 is 0. The maximum Gasteiger partial charge on any atom is 0.410 e. The van der Waals surface area contributed by atoms with Gasteiger partial charge < -0.3 is 14.4 Å². The second kappa shape index (κ2) is 8.35. The molecular weight excluding hydrogens is 368 g/mol. The Hall–Kier alpha value is -2.70. The summed E-state index contributed by atoms with van der Waals surface area (Å²) in [5.74, 6) is 0.564. The normalized spacial score (nSPS) is 16.4. The Kier molecular flexibility index (Phi) is 6.05. The van der Waals surface area contributed by atoms with E-state index in [0.29, 0.717) is 25.6 Å². The maximum absolute atomic E-state index is 12.3. The van der Waals surface area contributed by atoms with Gasteiger partial charge in [-0.3, -0.25) is 0 Å². The van der Waals surface area contributed by atoms with Gasteiger partial charge >= 0.3 is 6.09 Å². The molecule has 3 rings (SSSR count). The highest BCUT2D eigenvalue weighted by Gasteiger charge is 2.36. The van der Waals surface area contributed by atoms with E-state index in [1.165, 1.54) is 0 Å². The van der Waals surface area contributed by atoms with Crippen LogP contribution in [0.5, 0.6) is 5.88 Å². The molecule has 1 fully saturated rings. The molecule has 1 amide bonds. The van der Waals surface area contributed by atoms with Crippen LogP contribution in [-0.2, 0) is 10.2 Å². The summed E-state index contributed by atoms with van der Waals surface area (Å²) in [6, 6.07) is 7.78. The van der Waals surface area contributed by atoms with Crippen molar-refractivity contribution < 1.29 is 14.3 Å². The molecule has 1 aliphatic heterocycles. The Morgan fingerprint density at radius 1 is 1.17 bits per heavy atom. The van der Waals surface area contributed by atoms with Crippen LogP contribution in [0.1, 0.15) is 53.2 Å². The largest absolute Gasteiger partial charge is 0.477 e. The van der Waals surface area contributed by atoms with Gasteiger partial charge in [-0.1, -0.05) is 6.92 Å². The molecule has 0 N–H and O–H groups in total. The zero-order valence-electron chi connectivity index (χ0n) is 17.9. The van der Waals surface area contributed by atoms with Crippen LogP contribution in [0.4, 0.5) is 4.79 Å². The lowest BCUT2D eigenvalue weighted by molar-refractivity contribution is 0.0169. The number of rotatable bonds is 4. The van der Waals surface area contributed by atoms with E-state index in [9.17, 15) is 4.79 Å². The Bertz CT molecular complexity index is 838. The van der Waals surface area contributed by atoms with E-state index >= 15 is 0 Å². The molecule has 0 atom stereocenters. The number of carbonyl (C=O) groups is 1. The van der Waals surface area contributed by atoms with E-state index in [1.807, 2.05) is 52.0 Å². The fourth-order valence-electron chi connectivity index (χ4n) is 3.40. The molecule has 0 radical (unpaired) electrons. The van der Waals surface area contributed by atoms with Gasteiger partial charge in [0, 0.05) is 24.7 Å². The molecule has 0 spiro atoms. The summed E-state index contributed by atoms with van der Waals surface area (Å²) in [4.78, 5) is 18.4.